The number of nitro benzene ring substituents is 1. The van der Waals surface area contributed by atoms with Crippen LogP contribution in [0.5, 0.6) is 0 Å². The molecule has 0 aliphatic carbocycles. The summed E-state index contributed by atoms with van der Waals surface area (Å²) in [5.41, 5.74) is 1.03. The molecule has 1 aromatic carbocycles. The summed E-state index contributed by atoms with van der Waals surface area (Å²) in [6, 6.07) is 4.58. The monoisotopic (exact) mass is 235 g/mol. The number of nitrogens with zero attached hydrogens (tertiary/aromatic N) is 2. The number of nitro groups is 1. The number of anilines is 1. The van der Waals surface area contributed by atoms with Crippen molar-refractivity contribution in [3.63, 3.8) is 0 Å². The molecule has 0 unspecified atom stereocenters. The molecule has 17 heavy (non-hydrogen) atoms. The van der Waals surface area contributed by atoms with Gasteiger partial charge in [-0.25, -0.2) is 4.79 Å². The molecule has 1 N–H and O–H groups in total. The minimum absolute atomic E-state index is 0.0562. The number of rotatable bonds is 2. The summed E-state index contributed by atoms with van der Waals surface area (Å²) in [5, 5.41) is 13.4. The molecule has 1 aliphatic rings. The van der Waals surface area contributed by atoms with Crippen LogP contribution in [-0.4, -0.2) is 21.9 Å². The maximum absolute atomic E-state index is 11.8. The topological polar surface area (TPSA) is 75.5 Å². The third kappa shape index (κ3) is 1.93. The highest BCUT2D eigenvalue weighted by Crippen LogP contribution is 2.32. The lowest BCUT2D eigenvalue weighted by Crippen LogP contribution is -2.42. The first-order chi connectivity index (χ1) is 8.00. The quantitative estimate of drug-likeness (QED) is 0.631. The van der Waals surface area contributed by atoms with E-state index in [1.165, 1.54) is 6.07 Å². The molecule has 90 valence electrons. The fourth-order valence-corrected chi connectivity index (χ4v) is 1.87. The van der Waals surface area contributed by atoms with Crippen molar-refractivity contribution in [1.82, 2.24) is 4.90 Å². The Bertz CT molecular complexity index is 485. The van der Waals surface area contributed by atoms with E-state index in [1.54, 1.807) is 17.0 Å². The van der Waals surface area contributed by atoms with Crippen LogP contribution in [0.4, 0.5) is 16.2 Å². The summed E-state index contributed by atoms with van der Waals surface area (Å²) in [6.07, 6.45) is 0. The number of carbonyl (C=O) groups is 1. The van der Waals surface area contributed by atoms with Crippen molar-refractivity contribution in [2.24, 2.45) is 0 Å². The first-order valence-corrected chi connectivity index (χ1v) is 5.34. The molecule has 1 heterocycles. The number of nitrogens with one attached hydrogen (secondary N) is 1. The van der Waals surface area contributed by atoms with Gasteiger partial charge in [0.15, 0.2) is 0 Å². The second-order valence-electron chi connectivity index (χ2n) is 4.22. The van der Waals surface area contributed by atoms with Gasteiger partial charge in [0, 0.05) is 24.2 Å². The van der Waals surface area contributed by atoms with Crippen LogP contribution in [-0.2, 0) is 6.54 Å². The molecule has 0 saturated carbocycles. The highest BCUT2D eigenvalue weighted by atomic mass is 16.6. The fraction of sp³-hybridized carbons (Fsp3) is 0.364. The van der Waals surface area contributed by atoms with Crippen molar-refractivity contribution in [2.75, 3.05) is 5.32 Å². The predicted octanol–water partition coefficient (Wildman–Crippen LogP) is 2.35. The molecule has 6 nitrogen and oxygen atoms in total. The molecule has 0 radical (unpaired) electrons. The summed E-state index contributed by atoms with van der Waals surface area (Å²) in [5.74, 6) is 0. The number of urea groups is 1. The fourth-order valence-electron chi connectivity index (χ4n) is 1.87. The number of hydrogen-bond donors (Lipinski definition) is 1. The van der Waals surface area contributed by atoms with Crippen molar-refractivity contribution < 1.29 is 9.72 Å². The maximum atomic E-state index is 11.8. The molecule has 0 fully saturated rings. The second kappa shape index (κ2) is 4.04. The largest absolute Gasteiger partial charge is 0.322 e. The number of fused-ring (bicyclic) bond motifs is 1. The molecule has 0 atom stereocenters. The Balaban J connectivity index is 2.44. The Morgan fingerprint density at radius 1 is 1.47 bits per heavy atom. The van der Waals surface area contributed by atoms with Crippen LogP contribution in [0.25, 0.3) is 0 Å². The van der Waals surface area contributed by atoms with E-state index in [0.29, 0.717) is 12.2 Å². The van der Waals surface area contributed by atoms with E-state index in [4.69, 9.17) is 0 Å². The summed E-state index contributed by atoms with van der Waals surface area (Å²) in [6.45, 7) is 4.21. The lowest BCUT2D eigenvalue weighted by atomic mass is 10.1. The van der Waals surface area contributed by atoms with Crippen LogP contribution in [0, 0.1) is 10.1 Å². The van der Waals surface area contributed by atoms with E-state index in [9.17, 15) is 14.9 Å². The van der Waals surface area contributed by atoms with Gasteiger partial charge in [0.1, 0.15) is 5.69 Å². The zero-order valence-electron chi connectivity index (χ0n) is 9.64. The van der Waals surface area contributed by atoms with Crippen molar-refractivity contribution in [3.8, 4) is 0 Å². The zero-order valence-corrected chi connectivity index (χ0v) is 9.64. The first-order valence-electron chi connectivity index (χ1n) is 5.34. The average molecular weight is 235 g/mol. The first kappa shape index (κ1) is 11.4. The summed E-state index contributed by atoms with van der Waals surface area (Å²) >= 11 is 0. The van der Waals surface area contributed by atoms with E-state index < -0.39 is 4.92 Å². The van der Waals surface area contributed by atoms with Gasteiger partial charge in [0.25, 0.3) is 5.69 Å². The summed E-state index contributed by atoms with van der Waals surface area (Å²) in [7, 11) is 0. The average Bonchev–Trinajstić information content (AvgIpc) is 2.26. The van der Waals surface area contributed by atoms with Gasteiger partial charge in [-0.15, -0.1) is 0 Å². The summed E-state index contributed by atoms with van der Waals surface area (Å²) < 4.78 is 0. The van der Waals surface area contributed by atoms with Crippen molar-refractivity contribution >= 4 is 17.4 Å². The van der Waals surface area contributed by atoms with Crippen LogP contribution in [0.2, 0.25) is 0 Å². The number of amides is 2. The molecule has 2 amide bonds. The number of carbonyl (C=O) groups excluding carboxylic acids is 1. The molecule has 0 spiro atoms. The van der Waals surface area contributed by atoms with Gasteiger partial charge in [-0.05, 0) is 13.8 Å². The van der Waals surface area contributed by atoms with Gasteiger partial charge in [0.2, 0.25) is 0 Å². The molecule has 0 saturated heterocycles. The van der Waals surface area contributed by atoms with E-state index in [0.717, 1.165) is 5.56 Å². The lowest BCUT2D eigenvalue weighted by molar-refractivity contribution is -0.384. The van der Waals surface area contributed by atoms with Crippen molar-refractivity contribution in [2.45, 2.75) is 26.4 Å². The van der Waals surface area contributed by atoms with Gasteiger partial charge in [-0.2, -0.15) is 0 Å². The third-order valence-electron chi connectivity index (χ3n) is 2.78. The molecule has 1 aromatic rings. The Morgan fingerprint density at radius 2 is 2.18 bits per heavy atom. The van der Waals surface area contributed by atoms with Crippen LogP contribution in [0.3, 0.4) is 0 Å². The Kier molecular flexibility index (Phi) is 2.71. The number of para-hydroxylation sites is 1. The van der Waals surface area contributed by atoms with Crippen LogP contribution < -0.4 is 5.32 Å². The number of hydrogen-bond acceptors (Lipinski definition) is 3. The van der Waals surface area contributed by atoms with Gasteiger partial charge in [0.05, 0.1) is 4.92 Å². The smallest absolute Gasteiger partial charge is 0.318 e. The second-order valence-corrected chi connectivity index (χ2v) is 4.22. The van der Waals surface area contributed by atoms with Gasteiger partial charge < -0.3 is 10.2 Å². The number of benzene rings is 1. The van der Waals surface area contributed by atoms with Crippen LogP contribution in [0.1, 0.15) is 19.4 Å². The van der Waals surface area contributed by atoms with E-state index in [-0.39, 0.29) is 17.8 Å². The molecular formula is C11H13N3O3. The zero-order chi connectivity index (χ0) is 12.6. The third-order valence-corrected chi connectivity index (χ3v) is 2.78. The summed E-state index contributed by atoms with van der Waals surface area (Å²) in [4.78, 5) is 23.8. The molecule has 0 bridgehead atoms. The molecule has 6 heteroatoms. The minimum Gasteiger partial charge on any atom is -0.318 e. The molecular weight excluding hydrogens is 222 g/mol. The lowest BCUT2D eigenvalue weighted by Gasteiger charge is -2.31. The maximum Gasteiger partial charge on any atom is 0.322 e. The Labute approximate surface area is 98.4 Å². The van der Waals surface area contributed by atoms with Crippen LogP contribution >= 0.6 is 0 Å². The Morgan fingerprint density at radius 3 is 2.76 bits per heavy atom. The van der Waals surface area contributed by atoms with Crippen LogP contribution in [0.15, 0.2) is 18.2 Å². The van der Waals surface area contributed by atoms with E-state index >= 15 is 0 Å². The highest BCUT2D eigenvalue weighted by molar-refractivity contribution is 5.95. The van der Waals surface area contributed by atoms with Crippen molar-refractivity contribution in [1.29, 1.82) is 0 Å². The molecule has 2 rings (SSSR count). The normalized spacial score (nSPS) is 14.5. The van der Waals surface area contributed by atoms with Gasteiger partial charge in [-0.3, -0.25) is 10.1 Å². The molecule has 1 aliphatic heterocycles. The van der Waals surface area contributed by atoms with E-state index in [1.807, 2.05) is 13.8 Å². The minimum atomic E-state index is -0.482. The van der Waals surface area contributed by atoms with Crippen molar-refractivity contribution in [3.05, 3.63) is 33.9 Å². The van der Waals surface area contributed by atoms with Gasteiger partial charge >= 0.3 is 6.03 Å². The van der Waals surface area contributed by atoms with Gasteiger partial charge in [-0.1, -0.05) is 12.1 Å². The predicted molar refractivity (Wildman–Crippen MR) is 62.8 cm³/mol. The molecule has 0 aromatic heterocycles. The Hall–Kier alpha value is -2.11. The highest BCUT2D eigenvalue weighted by Gasteiger charge is 2.29. The standard InChI is InChI=1S/C11H13N3O3/c1-7(2)13-6-8-4-3-5-9(14(16)17)10(8)12-11(13)15/h3-5,7H,6H2,1-2H3,(H,12,15). The van der Waals surface area contributed by atoms with E-state index in [2.05, 4.69) is 5.32 Å². The SMILES string of the molecule is CC(C)N1Cc2cccc([N+](=O)[O-])c2NC1=O.